The van der Waals surface area contributed by atoms with Crippen LogP contribution in [0.2, 0.25) is 0 Å². The molecule has 28 heavy (non-hydrogen) atoms. The Hall–Kier alpha value is -3.16. The van der Waals surface area contributed by atoms with E-state index in [2.05, 4.69) is 20.6 Å². The number of aromatic nitrogens is 2. The summed E-state index contributed by atoms with van der Waals surface area (Å²) in [7, 11) is 0. The van der Waals surface area contributed by atoms with Crippen LogP contribution in [0.3, 0.4) is 0 Å². The maximum Gasteiger partial charge on any atom is 0.258 e. The molecule has 0 radical (unpaired) electrons. The van der Waals surface area contributed by atoms with Crippen molar-refractivity contribution < 1.29 is 9.59 Å². The summed E-state index contributed by atoms with van der Waals surface area (Å²) in [5, 5.41) is 5.51. The molecule has 0 aliphatic carbocycles. The Morgan fingerprint density at radius 1 is 1.21 bits per heavy atom. The van der Waals surface area contributed by atoms with Gasteiger partial charge in [-0.25, -0.2) is 0 Å². The van der Waals surface area contributed by atoms with Gasteiger partial charge in [0.25, 0.3) is 5.56 Å². The first kappa shape index (κ1) is 18.2. The third-order valence-corrected chi connectivity index (χ3v) is 5.30. The standard InChI is InChI=1S/C20H23N5O3/c1-11-5-6-14(12(2)9-11)21-18(27)13-10-15(26)22-17-16(13)19(28)24-20(23-17)25-7-3-4-8-25/h5-6,9,13H,3-4,7-8,10H2,1-2H3,(H,21,27)(H2,22,23,24,26,28). The lowest BCUT2D eigenvalue weighted by molar-refractivity contribution is -0.123. The molecule has 3 N–H and O–H groups in total. The van der Waals surface area contributed by atoms with Crippen molar-refractivity contribution in [3.05, 3.63) is 45.2 Å². The van der Waals surface area contributed by atoms with Crippen LogP contribution < -0.4 is 21.1 Å². The number of aryl methyl sites for hydroxylation is 2. The van der Waals surface area contributed by atoms with Crippen LogP contribution in [0.25, 0.3) is 0 Å². The zero-order chi connectivity index (χ0) is 19.8. The number of hydrogen-bond donors (Lipinski definition) is 3. The number of nitrogens with zero attached hydrogens (tertiary/aromatic N) is 2. The van der Waals surface area contributed by atoms with E-state index in [1.54, 1.807) is 0 Å². The van der Waals surface area contributed by atoms with Crippen molar-refractivity contribution in [3.63, 3.8) is 0 Å². The fraction of sp³-hybridized carbons (Fsp3) is 0.400. The average molecular weight is 381 g/mol. The Labute approximate surface area is 162 Å². The molecular formula is C20H23N5O3. The molecule has 8 heteroatoms. The van der Waals surface area contributed by atoms with E-state index in [9.17, 15) is 14.4 Å². The third-order valence-electron chi connectivity index (χ3n) is 5.30. The smallest absolute Gasteiger partial charge is 0.258 e. The van der Waals surface area contributed by atoms with Gasteiger partial charge in [0.1, 0.15) is 5.82 Å². The summed E-state index contributed by atoms with van der Waals surface area (Å²) < 4.78 is 0. The zero-order valence-electron chi connectivity index (χ0n) is 16.0. The second-order valence-corrected chi connectivity index (χ2v) is 7.46. The molecule has 1 aromatic carbocycles. The average Bonchev–Trinajstić information content (AvgIpc) is 3.17. The Bertz CT molecular complexity index is 1010. The molecule has 1 atom stereocenters. The van der Waals surface area contributed by atoms with Gasteiger partial charge in [-0.15, -0.1) is 0 Å². The summed E-state index contributed by atoms with van der Waals surface area (Å²) in [6, 6.07) is 5.69. The van der Waals surface area contributed by atoms with E-state index < -0.39 is 5.92 Å². The molecule has 0 bridgehead atoms. The second-order valence-electron chi connectivity index (χ2n) is 7.46. The van der Waals surface area contributed by atoms with E-state index >= 15 is 0 Å². The number of aromatic amines is 1. The van der Waals surface area contributed by atoms with Gasteiger partial charge in [-0.1, -0.05) is 17.7 Å². The number of amides is 2. The van der Waals surface area contributed by atoms with Gasteiger partial charge in [0.2, 0.25) is 17.8 Å². The number of nitrogens with one attached hydrogen (secondary N) is 3. The largest absolute Gasteiger partial charge is 0.342 e. The molecule has 2 aromatic rings. The number of H-pyrrole nitrogens is 1. The molecule has 1 fully saturated rings. The predicted octanol–water partition coefficient (Wildman–Crippen LogP) is 2.05. The van der Waals surface area contributed by atoms with Gasteiger partial charge in [0, 0.05) is 25.2 Å². The van der Waals surface area contributed by atoms with E-state index in [1.165, 1.54) is 0 Å². The molecule has 2 aliphatic rings. The molecule has 3 heterocycles. The monoisotopic (exact) mass is 381 g/mol. The van der Waals surface area contributed by atoms with E-state index in [-0.39, 0.29) is 35.2 Å². The quantitative estimate of drug-likeness (QED) is 0.754. The van der Waals surface area contributed by atoms with Crippen LogP contribution in [0, 0.1) is 13.8 Å². The highest BCUT2D eigenvalue weighted by Crippen LogP contribution is 2.31. The fourth-order valence-corrected chi connectivity index (χ4v) is 3.84. The lowest BCUT2D eigenvalue weighted by atomic mass is 9.92. The maximum absolute atomic E-state index is 12.9. The van der Waals surface area contributed by atoms with Crippen LogP contribution in [0.5, 0.6) is 0 Å². The zero-order valence-corrected chi connectivity index (χ0v) is 16.0. The van der Waals surface area contributed by atoms with Crippen LogP contribution in [-0.4, -0.2) is 34.9 Å². The van der Waals surface area contributed by atoms with Crippen molar-refractivity contribution in [3.8, 4) is 0 Å². The predicted molar refractivity (Wildman–Crippen MR) is 107 cm³/mol. The van der Waals surface area contributed by atoms with Gasteiger partial charge >= 0.3 is 0 Å². The highest BCUT2D eigenvalue weighted by Gasteiger charge is 2.35. The second kappa shape index (κ2) is 7.10. The van der Waals surface area contributed by atoms with Crippen LogP contribution in [0.15, 0.2) is 23.0 Å². The van der Waals surface area contributed by atoms with Crippen LogP contribution >= 0.6 is 0 Å². The molecule has 4 rings (SSSR count). The Morgan fingerprint density at radius 2 is 1.96 bits per heavy atom. The van der Waals surface area contributed by atoms with Gasteiger partial charge < -0.3 is 15.5 Å². The summed E-state index contributed by atoms with van der Waals surface area (Å²) in [5.41, 5.74) is 2.51. The third kappa shape index (κ3) is 3.37. The lowest BCUT2D eigenvalue weighted by Crippen LogP contribution is -2.37. The summed E-state index contributed by atoms with van der Waals surface area (Å²) >= 11 is 0. The number of carbonyl (C=O) groups is 2. The van der Waals surface area contributed by atoms with Crippen molar-refractivity contribution in [1.82, 2.24) is 9.97 Å². The Morgan fingerprint density at radius 3 is 2.68 bits per heavy atom. The Balaban J connectivity index is 1.66. The fourth-order valence-electron chi connectivity index (χ4n) is 3.84. The minimum absolute atomic E-state index is 0.0858. The van der Waals surface area contributed by atoms with Crippen molar-refractivity contribution in [2.45, 2.75) is 39.0 Å². The van der Waals surface area contributed by atoms with E-state index in [0.29, 0.717) is 11.6 Å². The normalized spacial score (nSPS) is 18.6. The molecule has 1 unspecified atom stereocenters. The van der Waals surface area contributed by atoms with Crippen LogP contribution in [0.1, 0.15) is 41.9 Å². The number of hydrogen-bond acceptors (Lipinski definition) is 5. The van der Waals surface area contributed by atoms with Crippen molar-refractivity contribution in [2.24, 2.45) is 0 Å². The van der Waals surface area contributed by atoms with Gasteiger partial charge in [0.05, 0.1) is 11.5 Å². The molecule has 1 saturated heterocycles. The van der Waals surface area contributed by atoms with Gasteiger partial charge in [-0.2, -0.15) is 4.98 Å². The molecule has 8 nitrogen and oxygen atoms in total. The lowest BCUT2D eigenvalue weighted by Gasteiger charge is -2.25. The summed E-state index contributed by atoms with van der Waals surface area (Å²) in [4.78, 5) is 47.1. The molecular weight excluding hydrogens is 358 g/mol. The SMILES string of the molecule is Cc1ccc(NC(=O)C2CC(=O)Nc3nc(N4CCCC4)[nH]c(=O)c32)c(C)c1. The summed E-state index contributed by atoms with van der Waals surface area (Å²) in [5.74, 6) is -0.962. The number of rotatable bonds is 3. The van der Waals surface area contributed by atoms with E-state index in [1.807, 2.05) is 36.9 Å². The minimum atomic E-state index is -0.881. The minimum Gasteiger partial charge on any atom is -0.342 e. The number of carbonyl (C=O) groups excluding carboxylic acids is 2. The maximum atomic E-state index is 12.9. The van der Waals surface area contributed by atoms with Crippen molar-refractivity contribution in [2.75, 3.05) is 28.6 Å². The topological polar surface area (TPSA) is 107 Å². The number of anilines is 3. The molecule has 2 amide bonds. The highest BCUT2D eigenvalue weighted by molar-refractivity contribution is 6.04. The number of fused-ring (bicyclic) bond motifs is 1. The van der Waals surface area contributed by atoms with E-state index in [4.69, 9.17) is 0 Å². The highest BCUT2D eigenvalue weighted by atomic mass is 16.2. The van der Waals surface area contributed by atoms with Gasteiger partial charge in [-0.3, -0.25) is 19.4 Å². The van der Waals surface area contributed by atoms with Crippen molar-refractivity contribution in [1.29, 1.82) is 0 Å². The van der Waals surface area contributed by atoms with E-state index in [0.717, 1.165) is 37.1 Å². The Kier molecular flexibility index (Phi) is 4.62. The van der Waals surface area contributed by atoms with Gasteiger partial charge in [0.15, 0.2) is 0 Å². The first-order valence-corrected chi connectivity index (χ1v) is 9.49. The van der Waals surface area contributed by atoms with Crippen molar-refractivity contribution >= 4 is 29.3 Å². The first-order valence-electron chi connectivity index (χ1n) is 9.49. The molecule has 146 valence electrons. The first-order chi connectivity index (χ1) is 13.4. The van der Waals surface area contributed by atoms with Crippen LogP contribution in [0.4, 0.5) is 17.5 Å². The molecule has 1 aromatic heterocycles. The van der Waals surface area contributed by atoms with Gasteiger partial charge in [-0.05, 0) is 38.3 Å². The van der Waals surface area contributed by atoms with Crippen LogP contribution in [-0.2, 0) is 9.59 Å². The summed E-state index contributed by atoms with van der Waals surface area (Å²) in [6.45, 7) is 5.50. The summed E-state index contributed by atoms with van der Waals surface area (Å²) in [6.07, 6.45) is 1.99. The number of benzene rings is 1. The molecule has 2 aliphatic heterocycles. The molecule has 0 spiro atoms. The molecule has 0 saturated carbocycles.